The predicted molar refractivity (Wildman–Crippen MR) is 107 cm³/mol. The van der Waals surface area contributed by atoms with Gasteiger partial charge >= 0.3 is 18.7 Å². The topological polar surface area (TPSA) is 63.2 Å². The molecule has 0 radical (unpaired) electrons. The van der Waals surface area contributed by atoms with Gasteiger partial charge in [-0.05, 0) is 12.1 Å². The summed E-state index contributed by atoms with van der Waals surface area (Å²) in [6.45, 7) is 0. The van der Waals surface area contributed by atoms with Crippen molar-refractivity contribution in [1.82, 2.24) is 0 Å². The minimum absolute atomic E-state index is 0.291. The van der Waals surface area contributed by atoms with Gasteiger partial charge in [-0.15, -0.1) is 26.3 Å². The third-order valence-electron chi connectivity index (χ3n) is 3.44. The fourth-order valence-electron chi connectivity index (χ4n) is 2.43. The second-order valence-electron chi connectivity index (χ2n) is 7.29. The van der Waals surface area contributed by atoms with E-state index in [9.17, 15) is 35.5 Å². The van der Waals surface area contributed by atoms with Crippen LogP contribution in [0.25, 0.3) is 0 Å². The number of methoxy groups -OCH3 is 1. The second kappa shape index (κ2) is 9.36. The van der Waals surface area contributed by atoms with Gasteiger partial charge < -0.3 is 23.7 Å². The van der Waals surface area contributed by atoms with Crippen LogP contribution in [0.3, 0.4) is 0 Å². The van der Waals surface area contributed by atoms with E-state index in [2.05, 4.69) is 14.2 Å². The van der Waals surface area contributed by atoms with Crippen LogP contribution >= 0.6 is 0 Å². The average molecular weight is 480 g/mol. The SMILES string of the molecule is BC(B)(B)Oc1cc(OC(F)(F)F)ccc1Oc1cc(OC(F)(F)F)cc(F)c1C(=O)OC. The third-order valence-corrected chi connectivity index (χ3v) is 3.44. The normalized spacial score (nSPS) is 12.1. The van der Waals surface area contributed by atoms with Crippen molar-refractivity contribution in [3.05, 3.63) is 41.7 Å². The number of hydrogen-bond acceptors (Lipinski definition) is 6. The zero-order chi connectivity index (χ0) is 25.2. The van der Waals surface area contributed by atoms with Gasteiger partial charge in [-0.3, -0.25) is 0 Å². The molecule has 2 rings (SSSR count). The quantitative estimate of drug-likeness (QED) is 0.344. The summed E-state index contributed by atoms with van der Waals surface area (Å²) < 4.78 is 113. The summed E-state index contributed by atoms with van der Waals surface area (Å²) in [6, 6.07) is 3.41. The van der Waals surface area contributed by atoms with E-state index in [1.165, 1.54) is 0 Å². The van der Waals surface area contributed by atoms with Gasteiger partial charge in [-0.1, -0.05) is 0 Å². The number of benzene rings is 2. The van der Waals surface area contributed by atoms with E-state index < -0.39 is 52.6 Å². The van der Waals surface area contributed by atoms with E-state index in [0.29, 0.717) is 12.1 Å². The number of esters is 1. The summed E-state index contributed by atoms with van der Waals surface area (Å²) in [5.74, 6) is -5.99. The molecule has 2 aromatic rings. The van der Waals surface area contributed by atoms with Crippen LogP contribution in [0.5, 0.6) is 28.7 Å². The molecule has 16 heteroatoms. The Bertz CT molecular complexity index is 1020. The van der Waals surface area contributed by atoms with Gasteiger partial charge in [-0.2, -0.15) is 0 Å². The van der Waals surface area contributed by atoms with Crippen molar-refractivity contribution in [1.29, 1.82) is 0 Å². The first kappa shape index (κ1) is 26.1. The molecule has 0 aliphatic carbocycles. The Morgan fingerprint density at radius 1 is 0.788 bits per heavy atom. The summed E-state index contributed by atoms with van der Waals surface area (Å²) in [7, 11) is 5.53. The smallest absolute Gasteiger partial charge is 0.510 e. The molecule has 176 valence electrons. The second-order valence-corrected chi connectivity index (χ2v) is 7.29. The Hall–Kier alpha value is -3.19. The molecule has 0 saturated heterocycles. The van der Waals surface area contributed by atoms with Gasteiger partial charge in [0.05, 0.1) is 7.11 Å². The van der Waals surface area contributed by atoms with Crippen molar-refractivity contribution in [2.24, 2.45) is 0 Å². The molecule has 2 aromatic carbocycles. The van der Waals surface area contributed by atoms with E-state index in [0.717, 1.165) is 25.3 Å². The fourth-order valence-corrected chi connectivity index (χ4v) is 2.43. The molecule has 0 amide bonds. The predicted octanol–water partition coefficient (Wildman–Crippen LogP) is 2.09. The first-order chi connectivity index (χ1) is 15.0. The standard InChI is InChI=1S/C17H14B3F7O6/c1-29-14(28)13-9(21)4-8(32-17(25,26)27)6-12(13)30-10-3-2-7(31-16(22,23)24)5-11(10)33-15(18,19)20/h2-6H,18-20H2,1H3. The van der Waals surface area contributed by atoms with Gasteiger partial charge in [0, 0.05) is 23.5 Å². The lowest BCUT2D eigenvalue weighted by atomic mass is 9.52. The van der Waals surface area contributed by atoms with Crippen molar-refractivity contribution in [2.75, 3.05) is 7.11 Å². The summed E-state index contributed by atoms with van der Waals surface area (Å²) in [6.07, 6.45) is -10.2. The first-order valence-corrected chi connectivity index (χ1v) is 8.92. The highest BCUT2D eigenvalue weighted by atomic mass is 19.4. The number of alkyl halides is 6. The minimum atomic E-state index is -5.19. The Labute approximate surface area is 185 Å². The fraction of sp³-hybridized carbons (Fsp3) is 0.235. The zero-order valence-corrected chi connectivity index (χ0v) is 17.5. The summed E-state index contributed by atoms with van der Waals surface area (Å²) in [5.41, 5.74) is -0.885. The summed E-state index contributed by atoms with van der Waals surface area (Å²) in [4.78, 5) is 12.0. The highest BCUT2D eigenvalue weighted by molar-refractivity contribution is 6.58. The Morgan fingerprint density at radius 2 is 1.33 bits per heavy atom. The van der Waals surface area contributed by atoms with E-state index in [4.69, 9.17) is 9.47 Å². The minimum Gasteiger partial charge on any atom is -0.510 e. The molecule has 33 heavy (non-hydrogen) atoms. The maximum Gasteiger partial charge on any atom is 0.573 e. The molecule has 0 N–H and O–H groups in total. The van der Waals surface area contributed by atoms with E-state index in [-0.39, 0.29) is 11.5 Å². The number of halogens is 7. The number of carbonyl (C=O) groups excluding carboxylic acids is 1. The molecule has 0 aliphatic rings. The van der Waals surface area contributed by atoms with Crippen LogP contribution in [0.2, 0.25) is 0 Å². The van der Waals surface area contributed by atoms with Crippen LogP contribution in [0.4, 0.5) is 30.7 Å². The summed E-state index contributed by atoms with van der Waals surface area (Å²) in [5, 5.41) is -0.980. The number of hydrogen-bond donors (Lipinski definition) is 0. The van der Waals surface area contributed by atoms with Gasteiger partial charge in [0.2, 0.25) is 0 Å². The zero-order valence-electron chi connectivity index (χ0n) is 17.5. The number of rotatable bonds is 7. The molecule has 0 saturated carbocycles. The molecular formula is C17H14B3F7O6. The van der Waals surface area contributed by atoms with Crippen LogP contribution in [0.1, 0.15) is 10.4 Å². The monoisotopic (exact) mass is 480 g/mol. The van der Waals surface area contributed by atoms with E-state index in [1.54, 1.807) is 23.5 Å². The molecule has 0 aromatic heterocycles. The van der Waals surface area contributed by atoms with Crippen LogP contribution < -0.4 is 18.9 Å². The lowest BCUT2D eigenvalue weighted by Crippen LogP contribution is -2.37. The van der Waals surface area contributed by atoms with Gasteiger partial charge in [0.15, 0.2) is 11.5 Å². The van der Waals surface area contributed by atoms with Gasteiger partial charge in [-0.25, -0.2) is 9.18 Å². The van der Waals surface area contributed by atoms with Crippen molar-refractivity contribution in [3.8, 4) is 28.7 Å². The van der Waals surface area contributed by atoms with Crippen molar-refractivity contribution < 1.29 is 59.2 Å². The van der Waals surface area contributed by atoms with Crippen LogP contribution in [-0.4, -0.2) is 54.6 Å². The largest absolute Gasteiger partial charge is 0.573 e. The van der Waals surface area contributed by atoms with E-state index in [1.807, 2.05) is 0 Å². The van der Waals surface area contributed by atoms with Gasteiger partial charge in [0.25, 0.3) is 0 Å². The Balaban J connectivity index is 2.59. The Kier molecular flexibility index (Phi) is 7.39. The van der Waals surface area contributed by atoms with E-state index >= 15 is 0 Å². The van der Waals surface area contributed by atoms with Crippen molar-refractivity contribution in [2.45, 2.75) is 18.0 Å². The van der Waals surface area contributed by atoms with Gasteiger partial charge in [0.1, 0.15) is 52.2 Å². The molecule has 0 heterocycles. The molecule has 0 unspecified atom stereocenters. The maximum atomic E-state index is 14.4. The lowest BCUT2D eigenvalue weighted by Gasteiger charge is -2.24. The number of carbonyl (C=O) groups is 1. The molecule has 0 spiro atoms. The lowest BCUT2D eigenvalue weighted by molar-refractivity contribution is -0.275. The number of ether oxygens (including phenoxy) is 5. The van der Waals surface area contributed by atoms with Crippen LogP contribution in [0, 0.1) is 5.82 Å². The Morgan fingerprint density at radius 3 is 1.85 bits per heavy atom. The average Bonchev–Trinajstić information content (AvgIpc) is 2.59. The highest BCUT2D eigenvalue weighted by Gasteiger charge is 2.34. The maximum absolute atomic E-state index is 14.4. The van der Waals surface area contributed by atoms with Crippen molar-refractivity contribution in [3.63, 3.8) is 0 Å². The molecule has 0 atom stereocenters. The molecule has 6 nitrogen and oxygen atoms in total. The summed E-state index contributed by atoms with van der Waals surface area (Å²) >= 11 is 0. The van der Waals surface area contributed by atoms with Crippen LogP contribution in [-0.2, 0) is 4.74 Å². The molecular weight excluding hydrogens is 466 g/mol. The van der Waals surface area contributed by atoms with Crippen molar-refractivity contribution >= 4 is 29.5 Å². The molecule has 0 bridgehead atoms. The molecule has 0 aliphatic heterocycles. The third kappa shape index (κ3) is 8.02. The first-order valence-electron chi connectivity index (χ1n) is 8.92. The highest BCUT2D eigenvalue weighted by Crippen LogP contribution is 2.40. The molecule has 0 fully saturated rings. The van der Waals surface area contributed by atoms with Crippen LogP contribution in [0.15, 0.2) is 30.3 Å².